The molecule has 0 bridgehead atoms. The van der Waals surface area contributed by atoms with Gasteiger partial charge in [0.05, 0.1) is 6.61 Å². The van der Waals surface area contributed by atoms with Crippen LogP contribution in [-0.4, -0.2) is 65.4 Å². The van der Waals surface area contributed by atoms with Crippen LogP contribution in [0.25, 0.3) is 0 Å². The van der Waals surface area contributed by atoms with Gasteiger partial charge in [-0.2, -0.15) is 0 Å². The van der Waals surface area contributed by atoms with Crippen molar-refractivity contribution in [1.82, 2.24) is 9.80 Å². The van der Waals surface area contributed by atoms with Crippen LogP contribution >= 0.6 is 0 Å². The molecule has 1 aliphatic heterocycles. The highest BCUT2D eigenvalue weighted by molar-refractivity contribution is 5.41. The predicted octanol–water partition coefficient (Wildman–Crippen LogP) is 2.32. The van der Waals surface area contributed by atoms with Crippen molar-refractivity contribution in [3.63, 3.8) is 0 Å². The van der Waals surface area contributed by atoms with Crippen molar-refractivity contribution in [3.8, 4) is 11.5 Å². The summed E-state index contributed by atoms with van der Waals surface area (Å²) in [6.45, 7) is 12.2. The normalized spacial score (nSPS) is 19.8. The largest absolute Gasteiger partial charge is 0.504 e. The minimum Gasteiger partial charge on any atom is -0.504 e. The summed E-state index contributed by atoms with van der Waals surface area (Å²) in [5.74, 6) is 1.39. The summed E-state index contributed by atoms with van der Waals surface area (Å²) >= 11 is 0. The maximum Gasteiger partial charge on any atom is 0.161 e. The molecule has 1 aliphatic rings. The minimum absolute atomic E-state index is 0.195. The maximum atomic E-state index is 9.83. The third-order valence-electron chi connectivity index (χ3n) is 4.48. The molecule has 5 heteroatoms. The summed E-state index contributed by atoms with van der Waals surface area (Å²) in [4.78, 5) is 4.94. The zero-order valence-corrected chi connectivity index (χ0v) is 15.2. The summed E-state index contributed by atoms with van der Waals surface area (Å²) in [5, 5.41) is 19.2. The Morgan fingerprint density at radius 3 is 2.75 bits per heavy atom. The van der Waals surface area contributed by atoms with Gasteiger partial charge in [-0.05, 0) is 37.0 Å². The Hall–Kier alpha value is -1.30. The van der Waals surface area contributed by atoms with E-state index in [4.69, 9.17) is 4.74 Å². The van der Waals surface area contributed by atoms with E-state index in [0.29, 0.717) is 24.3 Å². The Bertz CT molecular complexity index is 507. The zero-order valence-electron chi connectivity index (χ0n) is 15.2. The Kier molecular flexibility index (Phi) is 7.34. The second-order valence-electron chi connectivity index (χ2n) is 7.03. The topological polar surface area (TPSA) is 56.2 Å². The van der Waals surface area contributed by atoms with E-state index in [0.717, 1.165) is 44.7 Å². The lowest BCUT2D eigenvalue weighted by molar-refractivity contribution is 0.0476. The molecule has 1 unspecified atom stereocenters. The molecule has 1 saturated heterocycles. The smallest absolute Gasteiger partial charge is 0.161 e. The monoisotopic (exact) mass is 336 g/mol. The number of phenolic OH excluding ortho intramolecular Hbond substituents is 1. The molecule has 1 fully saturated rings. The Labute approximate surface area is 145 Å². The highest BCUT2D eigenvalue weighted by atomic mass is 16.5. The summed E-state index contributed by atoms with van der Waals surface area (Å²) in [5.41, 5.74) is 1.15. The lowest BCUT2D eigenvalue weighted by Gasteiger charge is -2.42. The summed E-state index contributed by atoms with van der Waals surface area (Å²) in [7, 11) is 0. The van der Waals surface area contributed by atoms with Crippen molar-refractivity contribution in [2.75, 3.05) is 39.4 Å². The number of ether oxygens (including phenoxy) is 1. The number of phenols is 1. The average molecular weight is 336 g/mol. The van der Waals surface area contributed by atoms with Gasteiger partial charge < -0.3 is 14.9 Å². The van der Waals surface area contributed by atoms with E-state index in [2.05, 4.69) is 23.6 Å². The molecule has 0 radical (unpaired) electrons. The number of hydrogen-bond acceptors (Lipinski definition) is 5. The van der Waals surface area contributed by atoms with Crippen LogP contribution in [0.3, 0.4) is 0 Å². The molecule has 0 aliphatic carbocycles. The molecule has 24 heavy (non-hydrogen) atoms. The lowest BCUT2D eigenvalue weighted by Crippen LogP contribution is -2.53. The lowest BCUT2D eigenvalue weighted by atomic mass is 10.1. The number of hydrogen-bond donors (Lipinski definition) is 2. The molecule has 0 amide bonds. The van der Waals surface area contributed by atoms with Crippen LogP contribution in [0.5, 0.6) is 11.5 Å². The van der Waals surface area contributed by atoms with Gasteiger partial charge >= 0.3 is 0 Å². The Balaban J connectivity index is 1.99. The number of rotatable bonds is 8. The van der Waals surface area contributed by atoms with Gasteiger partial charge in [0, 0.05) is 45.4 Å². The van der Waals surface area contributed by atoms with Gasteiger partial charge in [0.1, 0.15) is 0 Å². The van der Waals surface area contributed by atoms with Gasteiger partial charge in [-0.3, -0.25) is 9.80 Å². The van der Waals surface area contributed by atoms with Gasteiger partial charge in [-0.25, -0.2) is 0 Å². The molecule has 5 nitrogen and oxygen atoms in total. The average Bonchev–Trinajstić information content (AvgIpc) is 2.53. The second-order valence-corrected chi connectivity index (χ2v) is 7.03. The highest BCUT2D eigenvalue weighted by Gasteiger charge is 2.27. The van der Waals surface area contributed by atoms with E-state index in [1.165, 1.54) is 0 Å². The highest BCUT2D eigenvalue weighted by Crippen LogP contribution is 2.28. The molecule has 2 rings (SSSR count). The van der Waals surface area contributed by atoms with Gasteiger partial charge in [0.15, 0.2) is 11.5 Å². The maximum absolute atomic E-state index is 9.83. The van der Waals surface area contributed by atoms with Crippen molar-refractivity contribution in [2.24, 2.45) is 5.92 Å². The predicted molar refractivity (Wildman–Crippen MR) is 96.5 cm³/mol. The van der Waals surface area contributed by atoms with Crippen LogP contribution in [0.2, 0.25) is 0 Å². The number of aromatic hydroxyl groups is 1. The second kappa shape index (κ2) is 9.25. The summed E-state index contributed by atoms with van der Waals surface area (Å²) < 4.78 is 5.48. The third kappa shape index (κ3) is 5.36. The zero-order chi connectivity index (χ0) is 17.5. The molecule has 0 spiro atoms. The van der Waals surface area contributed by atoms with Crippen molar-refractivity contribution in [2.45, 2.75) is 39.8 Å². The third-order valence-corrected chi connectivity index (χ3v) is 4.48. The van der Waals surface area contributed by atoms with E-state index in [1.54, 1.807) is 6.07 Å². The van der Waals surface area contributed by atoms with E-state index >= 15 is 0 Å². The van der Waals surface area contributed by atoms with E-state index in [-0.39, 0.29) is 12.4 Å². The van der Waals surface area contributed by atoms with Gasteiger partial charge in [0.25, 0.3) is 0 Å². The molecule has 1 aromatic carbocycles. The minimum atomic E-state index is 0.195. The fourth-order valence-electron chi connectivity index (χ4n) is 3.42. The van der Waals surface area contributed by atoms with Gasteiger partial charge in [0.2, 0.25) is 0 Å². The van der Waals surface area contributed by atoms with Gasteiger partial charge in [-0.1, -0.05) is 19.9 Å². The number of benzene rings is 1. The first-order chi connectivity index (χ1) is 11.5. The molecule has 0 saturated carbocycles. The van der Waals surface area contributed by atoms with Crippen LogP contribution in [0.15, 0.2) is 18.2 Å². The summed E-state index contributed by atoms with van der Waals surface area (Å²) in [6.07, 6.45) is 0.822. The molecule has 136 valence electrons. The molecular weight excluding hydrogens is 304 g/mol. The molecule has 1 aromatic rings. The van der Waals surface area contributed by atoms with Crippen LogP contribution in [-0.2, 0) is 6.54 Å². The Morgan fingerprint density at radius 2 is 2.08 bits per heavy atom. The van der Waals surface area contributed by atoms with Crippen molar-refractivity contribution in [3.05, 3.63) is 23.8 Å². The SMILES string of the molecule is CCOc1cc(CN2CCN(CC(C)C)C(CCO)C2)ccc1O. The van der Waals surface area contributed by atoms with Crippen LogP contribution in [0.1, 0.15) is 32.8 Å². The molecule has 1 heterocycles. The fraction of sp³-hybridized carbons (Fsp3) is 0.684. The van der Waals surface area contributed by atoms with Gasteiger partial charge in [-0.15, -0.1) is 0 Å². The number of aliphatic hydroxyl groups is 1. The van der Waals surface area contributed by atoms with E-state index in [1.807, 2.05) is 19.1 Å². The number of piperazine rings is 1. The molecular formula is C19H32N2O3. The Morgan fingerprint density at radius 1 is 1.29 bits per heavy atom. The van der Waals surface area contributed by atoms with Crippen molar-refractivity contribution in [1.29, 1.82) is 0 Å². The number of aliphatic hydroxyl groups excluding tert-OH is 1. The first-order valence-corrected chi connectivity index (χ1v) is 9.05. The summed E-state index contributed by atoms with van der Waals surface area (Å²) in [6, 6.07) is 6.01. The van der Waals surface area contributed by atoms with Crippen LogP contribution in [0.4, 0.5) is 0 Å². The van der Waals surface area contributed by atoms with Crippen molar-refractivity contribution >= 4 is 0 Å². The first-order valence-electron chi connectivity index (χ1n) is 9.05. The fourth-order valence-corrected chi connectivity index (χ4v) is 3.42. The van der Waals surface area contributed by atoms with Crippen molar-refractivity contribution < 1.29 is 14.9 Å². The van der Waals surface area contributed by atoms with Crippen LogP contribution in [0, 0.1) is 5.92 Å². The molecule has 2 N–H and O–H groups in total. The molecule has 0 aromatic heterocycles. The first kappa shape index (κ1) is 19.0. The number of nitrogens with zero attached hydrogens (tertiary/aromatic N) is 2. The standard InChI is InChI=1S/C19H32N2O3/c1-4-24-19-11-16(5-6-18(19)23)13-20-8-9-21(12-15(2)3)17(14-20)7-10-22/h5-6,11,15,17,22-23H,4,7-10,12-14H2,1-3H3. The quantitative estimate of drug-likeness (QED) is 0.763. The van der Waals surface area contributed by atoms with E-state index < -0.39 is 0 Å². The van der Waals surface area contributed by atoms with Crippen LogP contribution < -0.4 is 4.74 Å². The van der Waals surface area contributed by atoms with E-state index in [9.17, 15) is 10.2 Å². The molecule has 1 atom stereocenters.